The number of hydrogen-bond donors (Lipinski definition) is 1. The van der Waals surface area contributed by atoms with Crippen molar-refractivity contribution >= 4 is 5.91 Å². The first-order valence-corrected chi connectivity index (χ1v) is 6.44. The highest BCUT2D eigenvalue weighted by atomic mass is 19.1. The minimum Gasteiger partial charge on any atom is -0.340 e. The van der Waals surface area contributed by atoms with E-state index in [1.165, 1.54) is 6.07 Å². The van der Waals surface area contributed by atoms with Gasteiger partial charge in [-0.2, -0.15) is 0 Å². The van der Waals surface area contributed by atoms with Crippen molar-refractivity contribution < 1.29 is 9.18 Å². The van der Waals surface area contributed by atoms with Crippen LogP contribution in [0.1, 0.15) is 18.9 Å². The molecule has 1 heterocycles. The van der Waals surface area contributed by atoms with Crippen molar-refractivity contribution in [2.24, 2.45) is 0 Å². The largest absolute Gasteiger partial charge is 0.340 e. The monoisotopic (exact) mass is 250 g/mol. The molecule has 1 unspecified atom stereocenters. The molecule has 1 fully saturated rings. The Hall–Kier alpha value is -1.42. The Morgan fingerprint density at radius 1 is 1.56 bits per heavy atom. The molecule has 98 valence electrons. The van der Waals surface area contributed by atoms with Crippen LogP contribution in [0.2, 0.25) is 0 Å². The van der Waals surface area contributed by atoms with E-state index in [1.54, 1.807) is 12.1 Å². The number of carbonyl (C=O) groups is 1. The number of hydrogen-bond acceptors (Lipinski definition) is 2. The highest BCUT2D eigenvalue weighted by Gasteiger charge is 2.22. The third-order valence-corrected chi connectivity index (χ3v) is 3.28. The van der Waals surface area contributed by atoms with Gasteiger partial charge in [-0.1, -0.05) is 19.1 Å². The van der Waals surface area contributed by atoms with Crippen molar-refractivity contribution in [1.29, 1.82) is 0 Å². The van der Waals surface area contributed by atoms with E-state index in [2.05, 4.69) is 5.32 Å². The van der Waals surface area contributed by atoms with Crippen LogP contribution in [0, 0.1) is 5.82 Å². The average molecular weight is 250 g/mol. The summed E-state index contributed by atoms with van der Waals surface area (Å²) in [5, 5.41) is 3.38. The second-order valence-corrected chi connectivity index (χ2v) is 4.68. The van der Waals surface area contributed by atoms with Crippen LogP contribution in [0.5, 0.6) is 0 Å². The van der Waals surface area contributed by atoms with E-state index in [0.29, 0.717) is 13.0 Å². The Balaban J connectivity index is 1.95. The molecule has 0 spiro atoms. The number of benzene rings is 1. The number of carbonyl (C=O) groups excluding carboxylic acids is 1. The third-order valence-electron chi connectivity index (χ3n) is 3.28. The molecule has 18 heavy (non-hydrogen) atoms. The standard InChI is InChI=1S/C14H19FN2O/c1-2-14(18)17-7-6-16-13(10-17)9-11-4-3-5-12(15)8-11/h3-5,8,13,16H,2,6-7,9-10H2,1H3. The zero-order chi connectivity index (χ0) is 13.0. The van der Waals surface area contributed by atoms with Gasteiger partial charge in [-0.25, -0.2) is 4.39 Å². The van der Waals surface area contributed by atoms with Crippen LogP contribution in [0.25, 0.3) is 0 Å². The van der Waals surface area contributed by atoms with E-state index in [9.17, 15) is 9.18 Å². The lowest BCUT2D eigenvalue weighted by Crippen LogP contribution is -2.53. The van der Waals surface area contributed by atoms with E-state index in [-0.39, 0.29) is 17.8 Å². The smallest absolute Gasteiger partial charge is 0.222 e. The average Bonchev–Trinajstić information content (AvgIpc) is 2.38. The van der Waals surface area contributed by atoms with Gasteiger partial charge < -0.3 is 10.2 Å². The molecule has 1 aliphatic heterocycles. The van der Waals surface area contributed by atoms with Gasteiger partial charge in [0.1, 0.15) is 5.82 Å². The Labute approximate surface area is 107 Å². The topological polar surface area (TPSA) is 32.3 Å². The SMILES string of the molecule is CCC(=O)N1CCNC(Cc2cccc(F)c2)C1. The molecule has 0 bridgehead atoms. The van der Waals surface area contributed by atoms with Crippen molar-refractivity contribution in [3.63, 3.8) is 0 Å². The van der Waals surface area contributed by atoms with Gasteiger partial charge in [0.2, 0.25) is 5.91 Å². The van der Waals surface area contributed by atoms with Crippen LogP contribution in [0.3, 0.4) is 0 Å². The molecule has 0 saturated carbocycles. The number of rotatable bonds is 3. The zero-order valence-corrected chi connectivity index (χ0v) is 10.7. The van der Waals surface area contributed by atoms with Gasteiger partial charge in [0.15, 0.2) is 0 Å². The summed E-state index contributed by atoms with van der Waals surface area (Å²) in [6, 6.07) is 6.87. The molecule has 1 atom stereocenters. The zero-order valence-electron chi connectivity index (χ0n) is 10.7. The molecule has 1 aromatic carbocycles. The van der Waals surface area contributed by atoms with E-state index in [4.69, 9.17) is 0 Å². The first-order valence-electron chi connectivity index (χ1n) is 6.44. The predicted octanol–water partition coefficient (Wildman–Crippen LogP) is 1.58. The molecular weight excluding hydrogens is 231 g/mol. The molecular formula is C14H19FN2O. The molecule has 1 N–H and O–H groups in total. The Kier molecular flexibility index (Phi) is 4.31. The molecule has 3 nitrogen and oxygen atoms in total. The summed E-state index contributed by atoms with van der Waals surface area (Å²) in [5.74, 6) is -0.00876. The maximum Gasteiger partial charge on any atom is 0.222 e. The summed E-state index contributed by atoms with van der Waals surface area (Å²) in [5.41, 5.74) is 0.971. The van der Waals surface area contributed by atoms with Gasteiger partial charge in [-0.05, 0) is 24.1 Å². The number of nitrogens with one attached hydrogen (secondary N) is 1. The third kappa shape index (κ3) is 3.29. The fourth-order valence-electron chi connectivity index (χ4n) is 2.36. The van der Waals surface area contributed by atoms with Gasteiger partial charge in [-0.15, -0.1) is 0 Å². The van der Waals surface area contributed by atoms with Crippen molar-refractivity contribution in [1.82, 2.24) is 10.2 Å². The second-order valence-electron chi connectivity index (χ2n) is 4.68. The van der Waals surface area contributed by atoms with Crippen LogP contribution in [-0.2, 0) is 11.2 Å². The normalized spacial score (nSPS) is 19.9. The molecule has 4 heteroatoms. The van der Waals surface area contributed by atoms with Crippen molar-refractivity contribution in [2.45, 2.75) is 25.8 Å². The summed E-state index contributed by atoms with van der Waals surface area (Å²) >= 11 is 0. The van der Waals surface area contributed by atoms with Gasteiger partial charge in [0.05, 0.1) is 0 Å². The Morgan fingerprint density at radius 3 is 3.11 bits per heavy atom. The molecule has 2 rings (SSSR count). The first-order chi connectivity index (χ1) is 8.69. The van der Waals surface area contributed by atoms with Crippen LogP contribution >= 0.6 is 0 Å². The summed E-state index contributed by atoms with van der Waals surface area (Å²) in [4.78, 5) is 13.5. The van der Waals surface area contributed by atoms with E-state index >= 15 is 0 Å². The minimum absolute atomic E-state index is 0.195. The molecule has 0 aromatic heterocycles. The maximum atomic E-state index is 13.1. The fourth-order valence-corrected chi connectivity index (χ4v) is 2.36. The number of halogens is 1. The molecule has 1 saturated heterocycles. The molecule has 1 aliphatic rings. The Morgan fingerprint density at radius 2 is 2.39 bits per heavy atom. The molecule has 1 amide bonds. The molecule has 1 aromatic rings. The van der Waals surface area contributed by atoms with Crippen LogP contribution in [0.15, 0.2) is 24.3 Å². The van der Waals surface area contributed by atoms with E-state index in [1.807, 2.05) is 17.9 Å². The second kappa shape index (κ2) is 5.96. The summed E-state index contributed by atoms with van der Waals surface area (Å²) in [6.45, 7) is 4.17. The lowest BCUT2D eigenvalue weighted by Gasteiger charge is -2.33. The lowest BCUT2D eigenvalue weighted by molar-refractivity contribution is -0.132. The van der Waals surface area contributed by atoms with Crippen molar-refractivity contribution in [3.05, 3.63) is 35.6 Å². The number of nitrogens with zero attached hydrogens (tertiary/aromatic N) is 1. The van der Waals surface area contributed by atoms with E-state index < -0.39 is 0 Å². The highest BCUT2D eigenvalue weighted by molar-refractivity contribution is 5.75. The summed E-state index contributed by atoms with van der Waals surface area (Å²) in [7, 11) is 0. The van der Waals surface area contributed by atoms with Crippen molar-refractivity contribution in [3.8, 4) is 0 Å². The van der Waals surface area contributed by atoms with Gasteiger partial charge in [0, 0.05) is 32.1 Å². The van der Waals surface area contributed by atoms with Gasteiger partial charge in [-0.3, -0.25) is 4.79 Å². The quantitative estimate of drug-likeness (QED) is 0.883. The van der Waals surface area contributed by atoms with Gasteiger partial charge in [0.25, 0.3) is 0 Å². The fraction of sp³-hybridized carbons (Fsp3) is 0.500. The molecule has 0 radical (unpaired) electrons. The van der Waals surface area contributed by atoms with Crippen LogP contribution in [-0.4, -0.2) is 36.5 Å². The van der Waals surface area contributed by atoms with Crippen LogP contribution in [0.4, 0.5) is 4.39 Å². The Bertz CT molecular complexity index is 422. The van der Waals surface area contributed by atoms with Crippen molar-refractivity contribution in [2.75, 3.05) is 19.6 Å². The lowest BCUT2D eigenvalue weighted by atomic mass is 10.0. The number of amides is 1. The number of piperazine rings is 1. The van der Waals surface area contributed by atoms with Crippen LogP contribution < -0.4 is 5.32 Å². The first kappa shape index (κ1) is 13.0. The maximum absolute atomic E-state index is 13.1. The van der Waals surface area contributed by atoms with E-state index in [0.717, 1.165) is 25.1 Å². The minimum atomic E-state index is -0.204. The summed E-state index contributed by atoms with van der Waals surface area (Å²) in [6.07, 6.45) is 1.30. The predicted molar refractivity (Wildman–Crippen MR) is 68.8 cm³/mol. The summed E-state index contributed by atoms with van der Waals surface area (Å²) < 4.78 is 13.1. The highest BCUT2D eigenvalue weighted by Crippen LogP contribution is 2.10. The molecule has 0 aliphatic carbocycles. The van der Waals surface area contributed by atoms with Gasteiger partial charge >= 0.3 is 0 Å².